The van der Waals surface area contributed by atoms with Crippen molar-refractivity contribution in [3.05, 3.63) is 53.4 Å². The van der Waals surface area contributed by atoms with Gasteiger partial charge in [-0.05, 0) is 40.2 Å². The minimum absolute atomic E-state index is 0.971. The fraction of sp³-hybridized carbons (Fsp3) is 0. The quantitative estimate of drug-likeness (QED) is 0.682. The summed E-state index contributed by atoms with van der Waals surface area (Å²) in [6.45, 7) is 0. The monoisotopic (exact) mass is 273 g/mol. The summed E-state index contributed by atoms with van der Waals surface area (Å²) in [7, 11) is 0. The molecule has 78 valence electrons. The molecule has 0 saturated heterocycles. The molecule has 3 aromatic rings. The maximum atomic E-state index is 4.28. The fourth-order valence-corrected chi connectivity index (χ4v) is 1.93. The van der Waals surface area contributed by atoms with E-state index in [4.69, 9.17) is 0 Å². The highest BCUT2D eigenvalue weighted by Gasteiger charge is 2.00. The zero-order chi connectivity index (χ0) is 11.0. The second-order valence-electron chi connectivity index (χ2n) is 3.48. The van der Waals surface area contributed by atoms with E-state index >= 15 is 0 Å². The lowest BCUT2D eigenvalue weighted by Crippen LogP contribution is -1.93. The van der Waals surface area contributed by atoms with Crippen LogP contribution in [0.15, 0.2) is 53.4 Å². The molecule has 2 heterocycles. The molecular weight excluding hydrogens is 266 g/mol. The van der Waals surface area contributed by atoms with Gasteiger partial charge in [0, 0.05) is 17.8 Å². The average molecular weight is 274 g/mol. The second-order valence-corrected chi connectivity index (χ2v) is 4.40. The average Bonchev–Trinajstić information content (AvgIpc) is 2.75. The van der Waals surface area contributed by atoms with Crippen molar-refractivity contribution in [2.24, 2.45) is 0 Å². The van der Waals surface area contributed by atoms with Crippen molar-refractivity contribution in [1.82, 2.24) is 14.8 Å². The summed E-state index contributed by atoms with van der Waals surface area (Å²) in [5.74, 6) is 0. The van der Waals surface area contributed by atoms with Crippen molar-refractivity contribution in [2.75, 3.05) is 0 Å². The van der Waals surface area contributed by atoms with Crippen LogP contribution in [0, 0.1) is 0 Å². The summed E-state index contributed by atoms with van der Waals surface area (Å²) in [5.41, 5.74) is 2.03. The first-order chi connectivity index (χ1) is 7.83. The highest BCUT2D eigenvalue weighted by Crippen LogP contribution is 2.17. The van der Waals surface area contributed by atoms with Gasteiger partial charge in [0.05, 0.1) is 21.9 Å². The number of hydrogen-bond acceptors (Lipinski definition) is 2. The Hall–Kier alpha value is -1.68. The number of benzene rings is 1. The van der Waals surface area contributed by atoms with E-state index in [-0.39, 0.29) is 0 Å². The number of aromatic nitrogens is 3. The molecule has 0 spiro atoms. The Morgan fingerprint density at radius 1 is 1.19 bits per heavy atom. The molecule has 3 rings (SSSR count). The lowest BCUT2D eigenvalue weighted by atomic mass is 10.2. The van der Waals surface area contributed by atoms with E-state index in [0.717, 1.165) is 21.1 Å². The molecule has 1 aromatic carbocycles. The SMILES string of the molecule is Brc1cnn(-c2ccc3ncccc3c2)c1. The molecular formula is C12H8BrN3. The molecule has 4 heteroatoms. The Bertz CT molecular complexity index is 645. The predicted molar refractivity (Wildman–Crippen MR) is 66.6 cm³/mol. The maximum Gasteiger partial charge on any atom is 0.0703 e. The zero-order valence-electron chi connectivity index (χ0n) is 8.34. The first-order valence-electron chi connectivity index (χ1n) is 4.88. The van der Waals surface area contributed by atoms with E-state index in [1.54, 1.807) is 12.4 Å². The van der Waals surface area contributed by atoms with Gasteiger partial charge in [0.15, 0.2) is 0 Å². The zero-order valence-corrected chi connectivity index (χ0v) is 9.92. The Labute approximate surface area is 101 Å². The van der Waals surface area contributed by atoms with Crippen molar-refractivity contribution in [2.45, 2.75) is 0 Å². The molecule has 0 fully saturated rings. The molecule has 0 N–H and O–H groups in total. The maximum absolute atomic E-state index is 4.28. The molecule has 0 bridgehead atoms. The van der Waals surface area contributed by atoms with Crippen LogP contribution in [-0.2, 0) is 0 Å². The van der Waals surface area contributed by atoms with E-state index in [1.165, 1.54) is 0 Å². The second kappa shape index (κ2) is 3.72. The van der Waals surface area contributed by atoms with Gasteiger partial charge in [-0.3, -0.25) is 4.98 Å². The van der Waals surface area contributed by atoms with E-state index in [0.29, 0.717) is 0 Å². The van der Waals surface area contributed by atoms with Gasteiger partial charge in [-0.25, -0.2) is 4.68 Å². The number of fused-ring (bicyclic) bond motifs is 1. The summed E-state index contributed by atoms with van der Waals surface area (Å²) in [6.07, 6.45) is 5.50. The van der Waals surface area contributed by atoms with Gasteiger partial charge < -0.3 is 0 Å². The van der Waals surface area contributed by atoms with Gasteiger partial charge in [0.2, 0.25) is 0 Å². The molecule has 2 aromatic heterocycles. The summed E-state index contributed by atoms with van der Waals surface area (Å²) >= 11 is 3.38. The first-order valence-corrected chi connectivity index (χ1v) is 5.67. The molecule has 0 amide bonds. The van der Waals surface area contributed by atoms with Gasteiger partial charge in [-0.2, -0.15) is 5.10 Å². The van der Waals surface area contributed by atoms with Crippen LogP contribution in [0.5, 0.6) is 0 Å². The largest absolute Gasteiger partial charge is 0.256 e. The summed E-state index contributed by atoms with van der Waals surface area (Å²) < 4.78 is 2.80. The number of rotatable bonds is 1. The van der Waals surface area contributed by atoms with Crippen LogP contribution in [-0.4, -0.2) is 14.8 Å². The standard InChI is InChI=1S/C12H8BrN3/c13-10-7-15-16(8-10)11-3-4-12-9(6-11)2-1-5-14-12/h1-8H. The van der Waals surface area contributed by atoms with E-state index in [1.807, 2.05) is 35.1 Å². The molecule has 0 radical (unpaired) electrons. The van der Waals surface area contributed by atoms with Crippen LogP contribution in [0.4, 0.5) is 0 Å². The van der Waals surface area contributed by atoms with Crippen LogP contribution < -0.4 is 0 Å². The molecule has 0 aliphatic heterocycles. The molecule has 0 atom stereocenters. The van der Waals surface area contributed by atoms with Gasteiger partial charge in [-0.1, -0.05) is 6.07 Å². The highest BCUT2D eigenvalue weighted by molar-refractivity contribution is 9.10. The minimum atomic E-state index is 0.971. The minimum Gasteiger partial charge on any atom is -0.256 e. The van der Waals surface area contributed by atoms with Crippen LogP contribution in [0.1, 0.15) is 0 Å². The highest BCUT2D eigenvalue weighted by atomic mass is 79.9. The Morgan fingerprint density at radius 2 is 2.12 bits per heavy atom. The number of hydrogen-bond donors (Lipinski definition) is 0. The Kier molecular flexibility index (Phi) is 2.22. The third-order valence-corrected chi connectivity index (χ3v) is 2.81. The van der Waals surface area contributed by atoms with Crippen molar-refractivity contribution in [3.8, 4) is 5.69 Å². The van der Waals surface area contributed by atoms with E-state index in [9.17, 15) is 0 Å². The van der Waals surface area contributed by atoms with Crippen LogP contribution in [0.3, 0.4) is 0 Å². The third kappa shape index (κ3) is 1.61. The number of halogens is 1. The van der Waals surface area contributed by atoms with Crippen molar-refractivity contribution in [3.63, 3.8) is 0 Å². The predicted octanol–water partition coefficient (Wildman–Crippen LogP) is 3.18. The van der Waals surface area contributed by atoms with Crippen LogP contribution >= 0.6 is 15.9 Å². The van der Waals surface area contributed by atoms with Gasteiger partial charge >= 0.3 is 0 Å². The molecule has 0 unspecified atom stereocenters. The molecule has 16 heavy (non-hydrogen) atoms. The van der Waals surface area contributed by atoms with Gasteiger partial charge in [0.1, 0.15) is 0 Å². The summed E-state index contributed by atoms with van der Waals surface area (Å²) in [6, 6.07) is 10.1. The van der Waals surface area contributed by atoms with Crippen molar-refractivity contribution in [1.29, 1.82) is 0 Å². The normalized spacial score (nSPS) is 10.8. The lowest BCUT2D eigenvalue weighted by Gasteiger charge is -2.02. The van der Waals surface area contributed by atoms with Crippen molar-refractivity contribution < 1.29 is 0 Å². The molecule has 3 nitrogen and oxygen atoms in total. The van der Waals surface area contributed by atoms with Gasteiger partial charge in [0.25, 0.3) is 0 Å². The van der Waals surface area contributed by atoms with Crippen LogP contribution in [0.25, 0.3) is 16.6 Å². The molecule has 0 saturated carbocycles. The topological polar surface area (TPSA) is 30.7 Å². The number of nitrogens with zero attached hydrogens (tertiary/aromatic N) is 3. The number of pyridine rings is 1. The van der Waals surface area contributed by atoms with E-state index < -0.39 is 0 Å². The third-order valence-electron chi connectivity index (χ3n) is 2.40. The van der Waals surface area contributed by atoms with E-state index in [2.05, 4.69) is 32.1 Å². The summed E-state index contributed by atoms with van der Waals surface area (Å²) in [4.78, 5) is 4.28. The summed E-state index contributed by atoms with van der Waals surface area (Å²) in [5, 5.41) is 5.36. The first kappa shape index (κ1) is 9.54. The Balaban J connectivity index is 2.18. The van der Waals surface area contributed by atoms with Gasteiger partial charge in [-0.15, -0.1) is 0 Å². The smallest absolute Gasteiger partial charge is 0.0703 e. The lowest BCUT2D eigenvalue weighted by molar-refractivity contribution is 0.882. The molecule has 0 aliphatic carbocycles. The Morgan fingerprint density at radius 3 is 2.94 bits per heavy atom. The molecule has 0 aliphatic rings. The van der Waals surface area contributed by atoms with Crippen molar-refractivity contribution >= 4 is 26.8 Å². The van der Waals surface area contributed by atoms with Crippen LogP contribution in [0.2, 0.25) is 0 Å². The fourth-order valence-electron chi connectivity index (χ4n) is 1.65.